The standard InChI is InChI=1S/C12H20BrN3/c1-3-16-10(9(13)8-15-16)11(14)12(2)6-4-5-7-12/h8,11H,3-7,14H2,1-2H3. The summed E-state index contributed by atoms with van der Waals surface area (Å²) in [5, 5.41) is 4.35. The molecule has 16 heavy (non-hydrogen) atoms. The first-order valence-electron chi connectivity index (χ1n) is 6.05. The fourth-order valence-electron chi connectivity index (χ4n) is 2.76. The third kappa shape index (κ3) is 1.93. The summed E-state index contributed by atoms with van der Waals surface area (Å²) in [5.74, 6) is 0. The van der Waals surface area contributed by atoms with Crippen molar-refractivity contribution in [3.05, 3.63) is 16.4 Å². The summed E-state index contributed by atoms with van der Waals surface area (Å²) in [5.41, 5.74) is 7.87. The second kappa shape index (κ2) is 4.49. The van der Waals surface area contributed by atoms with Crippen LogP contribution in [-0.2, 0) is 6.54 Å². The van der Waals surface area contributed by atoms with Crippen LogP contribution in [0.1, 0.15) is 51.3 Å². The monoisotopic (exact) mass is 285 g/mol. The number of hydrogen-bond donors (Lipinski definition) is 1. The molecule has 0 spiro atoms. The molecule has 0 bridgehead atoms. The summed E-state index contributed by atoms with van der Waals surface area (Å²) in [4.78, 5) is 0. The SMILES string of the molecule is CCn1ncc(Br)c1C(N)C1(C)CCCC1. The van der Waals surface area contributed by atoms with Crippen molar-refractivity contribution in [3.8, 4) is 0 Å². The fourth-order valence-corrected chi connectivity index (χ4v) is 3.30. The molecule has 1 aliphatic rings. The van der Waals surface area contributed by atoms with Gasteiger partial charge in [0.1, 0.15) is 0 Å². The van der Waals surface area contributed by atoms with Gasteiger partial charge in [0.05, 0.1) is 22.4 Å². The molecule has 1 aromatic heterocycles. The van der Waals surface area contributed by atoms with Gasteiger partial charge < -0.3 is 5.73 Å². The van der Waals surface area contributed by atoms with Crippen molar-refractivity contribution in [3.63, 3.8) is 0 Å². The van der Waals surface area contributed by atoms with Crippen molar-refractivity contribution in [1.82, 2.24) is 9.78 Å². The van der Waals surface area contributed by atoms with Crippen LogP contribution < -0.4 is 5.73 Å². The average molecular weight is 286 g/mol. The van der Waals surface area contributed by atoms with Crippen molar-refractivity contribution >= 4 is 15.9 Å². The van der Waals surface area contributed by atoms with Crippen molar-refractivity contribution in [1.29, 1.82) is 0 Å². The first-order chi connectivity index (χ1) is 7.58. The predicted molar refractivity (Wildman–Crippen MR) is 69.1 cm³/mol. The average Bonchev–Trinajstić information content (AvgIpc) is 2.85. The zero-order valence-electron chi connectivity index (χ0n) is 10.0. The molecule has 1 saturated carbocycles. The van der Waals surface area contributed by atoms with Crippen LogP contribution in [0.5, 0.6) is 0 Å². The Labute approximate surface area is 106 Å². The van der Waals surface area contributed by atoms with Gasteiger partial charge in [0, 0.05) is 6.54 Å². The number of aryl methyl sites for hydroxylation is 1. The topological polar surface area (TPSA) is 43.8 Å². The Morgan fingerprint density at radius 3 is 2.75 bits per heavy atom. The summed E-state index contributed by atoms with van der Waals surface area (Å²) in [7, 11) is 0. The predicted octanol–water partition coefficient (Wildman–Crippen LogP) is 3.25. The lowest BCUT2D eigenvalue weighted by molar-refractivity contribution is 0.253. The maximum absolute atomic E-state index is 6.47. The molecule has 4 heteroatoms. The van der Waals surface area contributed by atoms with Gasteiger partial charge >= 0.3 is 0 Å². The Morgan fingerprint density at radius 1 is 1.56 bits per heavy atom. The second-order valence-electron chi connectivity index (χ2n) is 5.03. The van der Waals surface area contributed by atoms with Gasteiger partial charge in [-0.3, -0.25) is 4.68 Å². The van der Waals surface area contributed by atoms with Crippen LogP contribution in [0.2, 0.25) is 0 Å². The molecule has 0 radical (unpaired) electrons. The van der Waals surface area contributed by atoms with Gasteiger partial charge in [0.15, 0.2) is 0 Å². The normalized spacial score (nSPS) is 21.2. The van der Waals surface area contributed by atoms with E-state index in [0.29, 0.717) is 0 Å². The zero-order valence-corrected chi connectivity index (χ0v) is 11.6. The van der Waals surface area contributed by atoms with Crippen molar-refractivity contribution in [2.45, 2.75) is 52.1 Å². The third-order valence-electron chi connectivity index (χ3n) is 3.92. The Kier molecular flexibility index (Phi) is 3.40. The minimum absolute atomic E-state index is 0.0897. The maximum Gasteiger partial charge on any atom is 0.0698 e. The van der Waals surface area contributed by atoms with Gasteiger partial charge in [0.25, 0.3) is 0 Å². The van der Waals surface area contributed by atoms with E-state index in [0.717, 1.165) is 16.7 Å². The van der Waals surface area contributed by atoms with E-state index >= 15 is 0 Å². The lowest BCUT2D eigenvalue weighted by Crippen LogP contribution is -2.31. The number of nitrogens with two attached hydrogens (primary N) is 1. The second-order valence-corrected chi connectivity index (χ2v) is 5.89. The summed E-state index contributed by atoms with van der Waals surface area (Å²) in [6.07, 6.45) is 6.94. The molecule has 2 N–H and O–H groups in total. The molecule has 1 aliphatic carbocycles. The molecule has 1 atom stereocenters. The summed E-state index contributed by atoms with van der Waals surface area (Å²) in [6.45, 7) is 5.29. The molecular weight excluding hydrogens is 266 g/mol. The van der Waals surface area contributed by atoms with E-state index in [-0.39, 0.29) is 11.5 Å². The minimum atomic E-state index is 0.0897. The van der Waals surface area contributed by atoms with E-state index in [4.69, 9.17) is 5.73 Å². The summed E-state index contributed by atoms with van der Waals surface area (Å²) in [6, 6.07) is 0.0897. The van der Waals surface area contributed by atoms with Gasteiger partial charge in [-0.2, -0.15) is 5.10 Å². The highest BCUT2D eigenvalue weighted by atomic mass is 79.9. The van der Waals surface area contributed by atoms with Gasteiger partial charge in [-0.25, -0.2) is 0 Å². The van der Waals surface area contributed by atoms with Gasteiger partial charge in [-0.05, 0) is 41.1 Å². The number of halogens is 1. The van der Waals surface area contributed by atoms with Crippen LogP contribution in [-0.4, -0.2) is 9.78 Å². The van der Waals surface area contributed by atoms with Crippen molar-refractivity contribution < 1.29 is 0 Å². The van der Waals surface area contributed by atoms with E-state index in [9.17, 15) is 0 Å². The smallest absolute Gasteiger partial charge is 0.0698 e. The van der Waals surface area contributed by atoms with E-state index in [1.807, 2.05) is 10.9 Å². The number of aromatic nitrogens is 2. The Morgan fingerprint density at radius 2 is 2.19 bits per heavy atom. The molecule has 0 aromatic carbocycles. The quantitative estimate of drug-likeness (QED) is 0.927. The third-order valence-corrected chi connectivity index (χ3v) is 4.53. The van der Waals surface area contributed by atoms with Crippen LogP contribution in [0.15, 0.2) is 10.7 Å². The van der Waals surface area contributed by atoms with Crippen molar-refractivity contribution in [2.24, 2.45) is 11.1 Å². The number of rotatable bonds is 3. The fraction of sp³-hybridized carbons (Fsp3) is 0.750. The van der Waals surface area contributed by atoms with E-state index < -0.39 is 0 Å². The lowest BCUT2D eigenvalue weighted by atomic mass is 9.79. The van der Waals surface area contributed by atoms with Crippen LogP contribution in [0.25, 0.3) is 0 Å². The Balaban J connectivity index is 2.32. The molecule has 0 amide bonds. The molecule has 0 aliphatic heterocycles. The molecular formula is C12H20BrN3. The summed E-state index contributed by atoms with van der Waals surface area (Å²) < 4.78 is 3.06. The molecule has 1 aromatic rings. The number of nitrogens with zero attached hydrogens (tertiary/aromatic N) is 2. The van der Waals surface area contributed by atoms with Crippen LogP contribution in [0.4, 0.5) is 0 Å². The van der Waals surface area contributed by atoms with Crippen LogP contribution in [0.3, 0.4) is 0 Å². The zero-order chi connectivity index (χ0) is 11.8. The maximum atomic E-state index is 6.47. The molecule has 0 saturated heterocycles. The highest BCUT2D eigenvalue weighted by Gasteiger charge is 2.38. The highest BCUT2D eigenvalue weighted by Crippen LogP contribution is 2.47. The molecule has 3 nitrogen and oxygen atoms in total. The van der Waals surface area contributed by atoms with Gasteiger partial charge in [-0.15, -0.1) is 0 Å². The molecule has 1 fully saturated rings. The van der Waals surface area contributed by atoms with Crippen molar-refractivity contribution in [2.75, 3.05) is 0 Å². The largest absolute Gasteiger partial charge is 0.322 e. The van der Waals surface area contributed by atoms with Gasteiger partial charge in [0.2, 0.25) is 0 Å². The molecule has 90 valence electrons. The minimum Gasteiger partial charge on any atom is -0.322 e. The van der Waals surface area contributed by atoms with Crippen LogP contribution >= 0.6 is 15.9 Å². The van der Waals surface area contributed by atoms with E-state index in [1.165, 1.54) is 25.7 Å². The van der Waals surface area contributed by atoms with Crippen LogP contribution in [0, 0.1) is 5.41 Å². The summed E-state index contributed by atoms with van der Waals surface area (Å²) >= 11 is 3.57. The molecule has 2 rings (SSSR count). The number of hydrogen-bond acceptors (Lipinski definition) is 2. The Bertz CT molecular complexity index is 366. The first-order valence-corrected chi connectivity index (χ1v) is 6.84. The Hall–Kier alpha value is -0.350. The first kappa shape index (κ1) is 12.1. The van der Waals surface area contributed by atoms with E-state index in [2.05, 4.69) is 34.9 Å². The van der Waals surface area contributed by atoms with E-state index in [1.54, 1.807) is 0 Å². The lowest BCUT2D eigenvalue weighted by Gasteiger charge is -2.31. The molecule has 1 unspecified atom stereocenters. The molecule has 1 heterocycles. The highest BCUT2D eigenvalue weighted by molar-refractivity contribution is 9.10. The van der Waals surface area contributed by atoms with Gasteiger partial charge in [-0.1, -0.05) is 19.8 Å².